The van der Waals surface area contributed by atoms with E-state index in [1.54, 1.807) is 11.9 Å². The minimum absolute atomic E-state index is 0.00660. The predicted octanol–water partition coefficient (Wildman–Crippen LogP) is 2.40. The number of fused-ring (bicyclic) bond motifs is 1. The van der Waals surface area contributed by atoms with Crippen LogP contribution in [0.25, 0.3) is 11.6 Å². The summed E-state index contributed by atoms with van der Waals surface area (Å²) < 4.78 is 13.0. The van der Waals surface area contributed by atoms with Crippen LogP contribution in [-0.4, -0.2) is 50.9 Å². The normalized spacial score (nSPS) is 13.6. The van der Waals surface area contributed by atoms with E-state index in [9.17, 15) is 4.79 Å². The van der Waals surface area contributed by atoms with E-state index in [0.29, 0.717) is 49.2 Å². The van der Waals surface area contributed by atoms with Crippen LogP contribution in [-0.2, 0) is 30.7 Å². The van der Waals surface area contributed by atoms with E-state index >= 15 is 0 Å². The Morgan fingerprint density at radius 3 is 3.11 bits per heavy atom. The first-order chi connectivity index (χ1) is 13.2. The van der Waals surface area contributed by atoms with Crippen molar-refractivity contribution < 1.29 is 14.1 Å². The molecule has 27 heavy (non-hydrogen) atoms. The smallest absolute Gasteiger partial charge is 0.278 e. The van der Waals surface area contributed by atoms with Crippen molar-refractivity contribution in [3.05, 3.63) is 39.5 Å². The second-order valence-corrected chi connectivity index (χ2v) is 7.18. The van der Waals surface area contributed by atoms with Gasteiger partial charge in [0.15, 0.2) is 11.5 Å². The zero-order chi connectivity index (χ0) is 18.8. The van der Waals surface area contributed by atoms with Gasteiger partial charge in [0.1, 0.15) is 0 Å². The van der Waals surface area contributed by atoms with Gasteiger partial charge in [-0.1, -0.05) is 5.16 Å². The summed E-state index contributed by atoms with van der Waals surface area (Å²) in [4.78, 5) is 18.4. The minimum atomic E-state index is -0.00660. The van der Waals surface area contributed by atoms with Gasteiger partial charge >= 0.3 is 0 Å². The monoisotopic (exact) mass is 387 g/mol. The second-order valence-electron chi connectivity index (χ2n) is 6.40. The fourth-order valence-corrected chi connectivity index (χ4v) is 3.80. The molecule has 4 rings (SSSR count). The molecule has 0 atom stereocenters. The molecule has 4 heterocycles. The highest BCUT2D eigenvalue weighted by molar-refractivity contribution is 7.08. The molecular formula is C18H21N5O3S. The van der Waals surface area contributed by atoms with Crippen LogP contribution in [0.1, 0.15) is 34.4 Å². The van der Waals surface area contributed by atoms with Gasteiger partial charge in [0.25, 0.3) is 11.8 Å². The zero-order valence-electron chi connectivity index (χ0n) is 15.3. The number of nitrogens with zero attached hydrogens (tertiary/aromatic N) is 5. The number of ether oxygens (including phenoxy) is 1. The molecule has 0 unspecified atom stereocenters. The molecule has 0 bridgehead atoms. The Bertz CT molecular complexity index is 931. The molecule has 1 aliphatic rings. The molecule has 0 aliphatic carbocycles. The third-order valence-corrected chi connectivity index (χ3v) is 5.34. The highest BCUT2D eigenvalue weighted by Crippen LogP contribution is 2.28. The number of likely N-dealkylation sites (N-methyl/N-ethyl adjacent to an activating group) is 1. The first-order valence-corrected chi connectivity index (χ1v) is 9.88. The van der Waals surface area contributed by atoms with Crippen LogP contribution in [0.5, 0.6) is 0 Å². The van der Waals surface area contributed by atoms with E-state index in [1.807, 2.05) is 21.5 Å². The highest BCUT2D eigenvalue weighted by atomic mass is 32.1. The molecule has 3 aromatic rings. The largest absolute Gasteiger partial charge is 0.376 e. The number of thiophene rings is 1. The van der Waals surface area contributed by atoms with Crippen LogP contribution in [0.2, 0.25) is 0 Å². The van der Waals surface area contributed by atoms with Crippen molar-refractivity contribution in [2.45, 2.75) is 32.9 Å². The summed E-state index contributed by atoms with van der Waals surface area (Å²) in [5.41, 5.74) is 3.61. The summed E-state index contributed by atoms with van der Waals surface area (Å²) in [7, 11) is 1.78. The van der Waals surface area contributed by atoms with Crippen molar-refractivity contribution >= 4 is 17.2 Å². The van der Waals surface area contributed by atoms with Gasteiger partial charge in [0.05, 0.1) is 18.8 Å². The lowest BCUT2D eigenvalue weighted by Gasteiger charge is -2.15. The van der Waals surface area contributed by atoms with Gasteiger partial charge in [-0.15, -0.1) is 0 Å². The summed E-state index contributed by atoms with van der Waals surface area (Å²) in [5, 5.41) is 12.4. The van der Waals surface area contributed by atoms with Crippen molar-refractivity contribution in [2.75, 3.05) is 20.2 Å². The number of carbonyl (C=O) groups is 1. The maximum absolute atomic E-state index is 12.3. The second kappa shape index (κ2) is 7.61. The molecule has 8 nitrogen and oxygen atoms in total. The standard InChI is InChI=1S/C18H21N5O3S/c1-3-23-14-5-8-25-10-13(14)16(20-23)17-19-15(21-26-17)4-7-22(2)18(24)12-6-9-27-11-12/h6,9,11H,3-5,7-8,10H2,1-2H3. The van der Waals surface area contributed by atoms with Gasteiger partial charge in [-0.2, -0.15) is 21.4 Å². The highest BCUT2D eigenvalue weighted by Gasteiger charge is 2.25. The third kappa shape index (κ3) is 3.52. The van der Waals surface area contributed by atoms with E-state index in [0.717, 1.165) is 18.5 Å². The van der Waals surface area contributed by atoms with Crippen molar-refractivity contribution in [2.24, 2.45) is 0 Å². The number of hydrogen-bond donors (Lipinski definition) is 0. The zero-order valence-corrected chi connectivity index (χ0v) is 16.2. The number of carbonyl (C=O) groups excluding carboxylic acids is 1. The molecule has 0 aromatic carbocycles. The number of hydrogen-bond acceptors (Lipinski definition) is 7. The average molecular weight is 387 g/mol. The van der Waals surface area contributed by atoms with Crippen LogP contribution in [0.4, 0.5) is 0 Å². The lowest BCUT2D eigenvalue weighted by Crippen LogP contribution is -2.28. The first-order valence-electron chi connectivity index (χ1n) is 8.94. The van der Waals surface area contributed by atoms with Crippen molar-refractivity contribution in [1.82, 2.24) is 24.8 Å². The molecule has 9 heteroatoms. The van der Waals surface area contributed by atoms with Crippen molar-refractivity contribution in [3.8, 4) is 11.6 Å². The van der Waals surface area contributed by atoms with Crippen molar-refractivity contribution in [1.29, 1.82) is 0 Å². The number of amides is 1. The van der Waals surface area contributed by atoms with E-state index in [4.69, 9.17) is 9.26 Å². The fraction of sp³-hybridized carbons (Fsp3) is 0.444. The topological polar surface area (TPSA) is 86.3 Å². The van der Waals surface area contributed by atoms with Crippen molar-refractivity contribution in [3.63, 3.8) is 0 Å². The molecule has 0 spiro atoms. The van der Waals surface area contributed by atoms with E-state index < -0.39 is 0 Å². The maximum atomic E-state index is 12.3. The van der Waals surface area contributed by atoms with Gasteiger partial charge < -0.3 is 14.2 Å². The lowest BCUT2D eigenvalue weighted by molar-refractivity contribution is 0.0796. The van der Waals surface area contributed by atoms with Crippen LogP contribution in [0.15, 0.2) is 21.3 Å². The molecule has 0 fully saturated rings. The van der Waals surface area contributed by atoms with E-state index in [2.05, 4.69) is 22.2 Å². The molecule has 0 radical (unpaired) electrons. The Morgan fingerprint density at radius 1 is 1.44 bits per heavy atom. The first kappa shape index (κ1) is 17.9. The fourth-order valence-electron chi connectivity index (χ4n) is 3.17. The van der Waals surface area contributed by atoms with Gasteiger partial charge in [-0.05, 0) is 18.4 Å². The number of rotatable bonds is 6. The maximum Gasteiger partial charge on any atom is 0.278 e. The summed E-state index contributed by atoms with van der Waals surface area (Å²) in [6.07, 6.45) is 1.36. The van der Waals surface area contributed by atoms with Crippen LogP contribution in [0.3, 0.4) is 0 Å². The third-order valence-electron chi connectivity index (χ3n) is 4.65. The molecule has 0 N–H and O–H groups in total. The van der Waals surface area contributed by atoms with Crippen LogP contribution >= 0.6 is 11.3 Å². The van der Waals surface area contributed by atoms with E-state index in [1.165, 1.54) is 17.0 Å². The summed E-state index contributed by atoms with van der Waals surface area (Å²) >= 11 is 1.51. The lowest BCUT2D eigenvalue weighted by atomic mass is 10.1. The Hall–Kier alpha value is -2.52. The molecule has 1 amide bonds. The molecule has 1 aliphatic heterocycles. The van der Waals surface area contributed by atoms with Crippen LogP contribution in [0, 0.1) is 0 Å². The van der Waals surface area contributed by atoms with Crippen LogP contribution < -0.4 is 0 Å². The Balaban J connectivity index is 1.46. The summed E-state index contributed by atoms with van der Waals surface area (Å²) in [5.74, 6) is 0.963. The molecule has 142 valence electrons. The minimum Gasteiger partial charge on any atom is -0.376 e. The van der Waals surface area contributed by atoms with Gasteiger partial charge in [-0.25, -0.2) is 0 Å². The summed E-state index contributed by atoms with van der Waals surface area (Å²) in [6, 6.07) is 1.82. The van der Waals surface area contributed by atoms with Gasteiger partial charge in [0, 0.05) is 49.6 Å². The summed E-state index contributed by atoms with van der Waals surface area (Å²) in [6.45, 7) is 4.58. The number of aromatic nitrogens is 4. The average Bonchev–Trinajstić information content (AvgIpc) is 3.44. The number of aryl methyl sites for hydroxylation is 1. The molecular weight excluding hydrogens is 366 g/mol. The quantitative estimate of drug-likeness (QED) is 0.646. The predicted molar refractivity (Wildman–Crippen MR) is 99.5 cm³/mol. The van der Waals surface area contributed by atoms with E-state index in [-0.39, 0.29) is 5.91 Å². The Morgan fingerprint density at radius 2 is 2.33 bits per heavy atom. The van der Waals surface area contributed by atoms with Gasteiger partial charge in [-0.3, -0.25) is 9.48 Å². The molecule has 3 aromatic heterocycles. The van der Waals surface area contributed by atoms with Gasteiger partial charge in [0.2, 0.25) is 0 Å². The molecule has 0 saturated carbocycles. The molecule has 0 saturated heterocycles. The SMILES string of the molecule is CCn1nc(-c2nc(CCN(C)C(=O)c3ccsc3)no2)c2c1CCOC2. The Kier molecular flexibility index (Phi) is 5.04. The Labute approximate surface area is 160 Å².